The molecular weight excluding hydrogens is 356 g/mol. The number of carbonyl (C=O) groups excluding carboxylic acids is 1. The summed E-state index contributed by atoms with van der Waals surface area (Å²) in [5.74, 6) is -0.170. The van der Waals surface area contributed by atoms with E-state index in [4.69, 9.17) is 0 Å². The van der Waals surface area contributed by atoms with Gasteiger partial charge in [0.25, 0.3) is 11.5 Å². The van der Waals surface area contributed by atoms with Crippen molar-refractivity contribution in [1.29, 1.82) is 0 Å². The lowest BCUT2D eigenvalue weighted by atomic mass is 10.2. The summed E-state index contributed by atoms with van der Waals surface area (Å²) in [5.41, 5.74) is 1.41. The highest BCUT2D eigenvalue weighted by molar-refractivity contribution is 6.03. The number of piperazine rings is 1. The SMILES string of the molecule is CCCN1CCN(C(=O)c2nn(-c3ccccc3)c3c(=O)n(C)cnc23)CC1. The third kappa shape index (κ3) is 3.20. The topological polar surface area (TPSA) is 76.3 Å². The average Bonchev–Trinajstić information content (AvgIpc) is 3.12. The highest BCUT2D eigenvalue weighted by Crippen LogP contribution is 2.19. The molecule has 0 radical (unpaired) electrons. The molecule has 1 aromatic carbocycles. The first-order chi connectivity index (χ1) is 13.6. The smallest absolute Gasteiger partial charge is 0.279 e. The summed E-state index contributed by atoms with van der Waals surface area (Å²) >= 11 is 0. The quantitative estimate of drug-likeness (QED) is 0.682. The molecule has 1 aliphatic heterocycles. The molecule has 0 aliphatic carbocycles. The third-order valence-corrected chi connectivity index (χ3v) is 5.15. The van der Waals surface area contributed by atoms with Gasteiger partial charge in [-0.15, -0.1) is 0 Å². The Labute approximate surface area is 163 Å². The van der Waals surface area contributed by atoms with Gasteiger partial charge in [0, 0.05) is 33.2 Å². The van der Waals surface area contributed by atoms with Crippen molar-refractivity contribution in [2.75, 3.05) is 32.7 Å². The molecule has 0 saturated carbocycles. The Balaban J connectivity index is 1.75. The van der Waals surface area contributed by atoms with Gasteiger partial charge < -0.3 is 9.47 Å². The van der Waals surface area contributed by atoms with E-state index in [2.05, 4.69) is 21.9 Å². The fourth-order valence-electron chi connectivity index (χ4n) is 3.63. The van der Waals surface area contributed by atoms with E-state index in [1.165, 1.54) is 15.6 Å². The Morgan fingerprint density at radius 1 is 1.11 bits per heavy atom. The monoisotopic (exact) mass is 380 g/mol. The van der Waals surface area contributed by atoms with Crippen molar-refractivity contribution in [3.8, 4) is 5.69 Å². The Hall–Kier alpha value is -3.00. The molecule has 2 aromatic heterocycles. The van der Waals surface area contributed by atoms with Crippen molar-refractivity contribution in [3.63, 3.8) is 0 Å². The third-order valence-electron chi connectivity index (χ3n) is 5.15. The van der Waals surface area contributed by atoms with E-state index in [1.54, 1.807) is 7.05 Å². The normalized spacial score (nSPS) is 15.3. The van der Waals surface area contributed by atoms with Crippen LogP contribution in [0.25, 0.3) is 16.7 Å². The lowest BCUT2D eigenvalue weighted by Gasteiger charge is -2.34. The Kier molecular flexibility index (Phi) is 4.95. The van der Waals surface area contributed by atoms with Gasteiger partial charge in [-0.2, -0.15) is 5.10 Å². The number of fused-ring (bicyclic) bond motifs is 1. The number of rotatable bonds is 4. The van der Waals surface area contributed by atoms with Crippen LogP contribution in [0, 0.1) is 0 Å². The molecular formula is C20H24N6O2. The van der Waals surface area contributed by atoms with Gasteiger partial charge in [-0.05, 0) is 25.1 Å². The van der Waals surface area contributed by atoms with Gasteiger partial charge in [0.15, 0.2) is 11.2 Å². The highest BCUT2D eigenvalue weighted by atomic mass is 16.2. The Bertz CT molecular complexity index is 1050. The van der Waals surface area contributed by atoms with Crippen molar-refractivity contribution >= 4 is 16.9 Å². The van der Waals surface area contributed by atoms with Gasteiger partial charge in [-0.25, -0.2) is 9.67 Å². The van der Waals surface area contributed by atoms with Crippen molar-refractivity contribution < 1.29 is 4.79 Å². The lowest BCUT2D eigenvalue weighted by molar-refractivity contribution is 0.0633. The average molecular weight is 380 g/mol. The van der Waals surface area contributed by atoms with Crippen molar-refractivity contribution in [2.24, 2.45) is 7.05 Å². The molecule has 0 bridgehead atoms. The van der Waals surface area contributed by atoms with Crippen LogP contribution >= 0.6 is 0 Å². The minimum Gasteiger partial charge on any atom is -0.335 e. The molecule has 3 aromatic rings. The molecule has 4 rings (SSSR count). The largest absolute Gasteiger partial charge is 0.335 e. The summed E-state index contributed by atoms with van der Waals surface area (Å²) in [6.45, 7) is 6.22. The highest BCUT2D eigenvalue weighted by Gasteiger charge is 2.28. The number of aromatic nitrogens is 4. The maximum atomic E-state index is 13.2. The van der Waals surface area contributed by atoms with E-state index in [0.717, 1.165) is 31.7 Å². The fourth-order valence-corrected chi connectivity index (χ4v) is 3.63. The molecule has 8 heteroatoms. The molecule has 0 spiro atoms. The van der Waals surface area contributed by atoms with E-state index >= 15 is 0 Å². The number of amides is 1. The van der Waals surface area contributed by atoms with E-state index < -0.39 is 0 Å². The van der Waals surface area contributed by atoms with Gasteiger partial charge in [0.05, 0.1) is 12.0 Å². The van der Waals surface area contributed by atoms with Gasteiger partial charge in [0.2, 0.25) is 0 Å². The van der Waals surface area contributed by atoms with Crippen LogP contribution in [0.3, 0.4) is 0 Å². The minimum atomic E-state index is -0.229. The molecule has 0 atom stereocenters. The molecule has 28 heavy (non-hydrogen) atoms. The fraction of sp³-hybridized carbons (Fsp3) is 0.400. The predicted molar refractivity (Wildman–Crippen MR) is 107 cm³/mol. The van der Waals surface area contributed by atoms with Crippen molar-refractivity contribution in [3.05, 3.63) is 52.7 Å². The standard InChI is InChI=1S/C20H24N6O2/c1-3-9-24-10-12-25(13-11-24)19(27)17-16-18(20(28)23(2)14-21-16)26(22-17)15-7-5-4-6-8-15/h4-8,14H,3,9-13H2,1-2H3. The van der Waals surface area contributed by atoms with Crippen LogP contribution in [0.4, 0.5) is 0 Å². The molecule has 1 amide bonds. The van der Waals surface area contributed by atoms with Crippen molar-refractivity contribution in [1.82, 2.24) is 29.1 Å². The van der Waals surface area contributed by atoms with E-state index in [0.29, 0.717) is 24.1 Å². The molecule has 0 unspecified atom stereocenters. The van der Waals surface area contributed by atoms with Crippen LogP contribution in [0.5, 0.6) is 0 Å². The van der Waals surface area contributed by atoms with Crippen LogP contribution < -0.4 is 5.56 Å². The second-order valence-electron chi connectivity index (χ2n) is 7.09. The summed E-state index contributed by atoms with van der Waals surface area (Å²) < 4.78 is 2.94. The summed E-state index contributed by atoms with van der Waals surface area (Å²) in [7, 11) is 1.64. The Morgan fingerprint density at radius 3 is 2.50 bits per heavy atom. The van der Waals surface area contributed by atoms with Gasteiger partial charge in [0.1, 0.15) is 5.52 Å². The molecule has 3 heterocycles. The first kappa shape index (κ1) is 18.4. The van der Waals surface area contributed by atoms with Crippen LogP contribution in [0.1, 0.15) is 23.8 Å². The summed E-state index contributed by atoms with van der Waals surface area (Å²) in [5, 5.41) is 4.53. The van der Waals surface area contributed by atoms with Crippen molar-refractivity contribution in [2.45, 2.75) is 13.3 Å². The number of aryl methyl sites for hydroxylation is 1. The maximum absolute atomic E-state index is 13.2. The van der Waals surface area contributed by atoms with Crippen LogP contribution in [-0.2, 0) is 7.05 Å². The number of benzene rings is 1. The number of hydrogen-bond acceptors (Lipinski definition) is 5. The lowest BCUT2D eigenvalue weighted by Crippen LogP contribution is -2.48. The predicted octanol–water partition coefficient (Wildman–Crippen LogP) is 1.29. The van der Waals surface area contributed by atoms with Gasteiger partial charge in [-0.1, -0.05) is 25.1 Å². The molecule has 1 saturated heterocycles. The van der Waals surface area contributed by atoms with E-state index in [9.17, 15) is 9.59 Å². The van der Waals surface area contributed by atoms with E-state index in [1.807, 2.05) is 35.2 Å². The number of carbonyl (C=O) groups is 1. The van der Waals surface area contributed by atoms with Crippen LogP contribution in [-0.4, -0.2) is 67.8 Å². The second kappa shape index (κ2) is 7.55. The first-order valence-corrected chi connectivity index (χ1v) is 9.61. The van der Waals surface area contributed by atoms with Crippen LogP contribution in [0.15, 0.2) is 41.5 Å². The van der Waals surface area contributed by atoms with Gasteiger partial charge >= 0.3 is 0 Å². The molecule has 1 fully saturated rings. The number of para-hydroxylation sites is 1. The maximum Gasteiger partial charge on any atom is 0.279 e. The summed E-state index contributed by atoms with van der Waals surface area (Å²) in [6, 6.07) is 9.36. The molecule has 0 N–H and O–H groups in total. The zero-order chi connectivity index (χ0) is 19.7. The van der Waals surface area contributed by atoms with Crippen LogP contribution in [0.2, 0.25) is 0 Å². The Morgan fingerprint density at radius 2 is 1.82 bits per heavy atom. The molecule has 8 nitrogen and oxygen atoms in total. The summed E-state index contributed by atoms with van der Waals surface area (Å²) in [4.78, 5) is 34.5. The zero-order valence-corrected chi connectivity index (χ0v) is 16.2. The minimum absolute atomic E-state index is 0.170. The van der Waals surface area contributed by atoms with Gasteiger partial charge in [-0.3, -0.25) is 14.5 Å². The van der Waals surface area contributed by atoms with E-state index in [-0.39, 0.29) is 17.2 Å². The summed E-state index contributed by atoms with van der Waals surface area (Å²) in [6.07, 6.45) is 2.55. The zero-order valence-electron chi connectivity index (χ0n) is 16.2. The number of hydrogen-bond donors (Lipinski definition) is 0. The molecule has 1 aliphatic rings. The molecule has 146 valence electrons. The number of nitrogens with zero attached hydrogens (tertiary/aromatic N) is 6. The second-order valence-corrected chi connectivity index (χ2v) is 7.09. The first-order valence-electron chi connectivity index (χ1n) is 9.61.